The predicted molar refractivity (Wildman–Crippen MR) is 67.2 cm³/mol. The summed E-state index contributed by atoms with van der Waals surface area (Å²) < 4.78 is 12.7. The molecule has 0 fully saturated rings. The number of nitrogens with one attached hydrogen (secondary N) is 1. The second kappa shape index (κ2) is 5.30. The van der Waals surface area contributed by atoms with Crippen molar-refractivity contribution < 1.29 is 4.39 Å². The van der Waals surface area contributed by atoms with Crippen LogP contribution in [0.3, 0.4) is 0 Å². The standard InChI is InChI=1S/C13H14FN3/c14-11-3-1-10(2-4-11)5-7-16-13-9-12(15)6-8-17-13/h1-4,6,8-9H,5,7H2,(H3,15,16,17). The van der Waals surface area contributed by atoms with Gasteiger partial charge >= 0.3 is 0 Å². The Hall–Kier alpha value is -2.10. The van der Waals surface area contributed by atoms with Crippen LogP contribution in [0.15, 0.2) is 42.6 Å². The first-order valence-corrected chi connectivity index (χ1v) is 5.44. The Morgan fingerprint density at radius 3 is 2.65 bits per heavy atom. The van der Waals surface area contributed by atoms with Gasteiger partial charge in [-0.15, -0.1) is 0 Å². The summed E-state index contributed by atoms with van der Waals surface area (Å²) in [5, 5.41) is 3.16. The Kier molecular flexibility index (Phi) is 3.55. The molecule has 4 heteroatoms. The highest BCUT2D eigenvalue weighted by atomic mass is 19.1. The van der Waals surface area contributed by atoms with E-state index in [0.717, 1.165) is 24.3 Å². The van der Waals surface area contributed by atoms with E-state index in [0.29, 0.717) is 5.69 Å². The lowest BCUT2D eigenvalue weighted by atomic mass is 10.1. The van der Waals surface area contributed by atoms with E-state index in [-0.39, 0.29) is 5.82 Å². The van der Waals surface area contributed by atoms with Crippen molar-refractivity contribution in [2.45, 2.75) is 6.42 Å². The van der Waals surface area contributed by atoms with E-state index in [1.54, 1.807) is 30.5 Å². The first-order chi connectivity index (χ1) is 8.24. The topological polar surface area (TPSA) is 50.9 Å². The maximum absolute atomic E-state index is 12.7. The maximum atomic E-state index is 12.7. The molecule has 0 bridgehead atoms. The van der Waals surface area contributed by atoms with Crippen LogP contribution < -0.4 is 11.1 Å². The second-order valence-corrected chi connectivity index (χ2v) is 3.78. The van der Waals surface area contributed by atoms with Crippen molar-refractivity contribution in [3.63, 3.8) is 0 Å². The SMILES string of the molecule is Nc1ccnc(NCCc2ccc(F)cc2)c1. The lowest BCUT2D eigenvalue weighted by Crippen LogP contribution is -2.06. The third kappa shape index (κ3) is 3.45. The molecule has 1 aromatic heterocycles. The molecule has 0 aliphatic heterocycles. The fraction of sp³-hybridized carbons (Fsp3) is 0.154. The number of aromatic nitrogens is 1. The molecule has 88 valence electrons. The lowest BCUT2D eigenvalue weighted by molar-refractivity contribution is 0.627. The van der Waals surface area contributed by atoms with Crippen molar-refractivity contribution in [1.29, 1.82) is 0 Å². The highest BCUT2D eigenvalue weighted by Crippen LogP contribution is 2.08. The smallest absolute Gasteiger partial charge is 0.127 e. The molecular weight excluding hydrogens is 217 g/mol. The van der Waals surface area contributed by atoms with Crippen LogP contribution in [-0.2, 0) is 6.42 Å². The van der Waals surface area contributed by atoms with Crippen LogP contribution in [0, 0.1) is 5.82 Å². The van der Waals surface area contributed by atoms with Gasteiger partial charge in [-0.25, -0.2) is 9.37 Å². The number of hydrogen-bond acceptors (Lipinski definition) is 3. The van der Waals surface area contributed by atoms with E-state index >= 15 is 0 Å². The molecule has 1 heterocycles. The molecule has 0 amide bonds. The second-order valence-electron chi connectivity index (χ2n) is 3.78. The molecule has 0 atom stereocenters. The molecule has 0 aliphatic carbocycles. The molecule has 0 unspecified atom stereocenters. The number of benzene rings is 1. The zero-order valence-electron chi connectivity index (χ0n) is 9.36. The van der Waals surface area contributed by atoms with Gasteiger partial charge in [0, 0.05) is 24.5 Å². The molecule has 3 nitrogen and oxygen atoms in total. The van der Waals surface area contributed by atoms with Crippen molar-refractivity contribution in [2.24, 2.45) is 0 Å². The maximum Gasteiger partial charge on any atom is 0.127 e. The van der Waals surface area contributed by atoms with Gasteiger partial charge in [-0.1, -0.05) is 12.1 Å². The van der Waals surface area contributed by atoms with Crippen LogP contribution in [0.1, 0.15) is 5.56 Å². The zero-order valence-corrected chi connectivity index (χ0v) is 9.36. The minimum Gasteiger partial charge on any atom is -0.399 e. The summed E-state index contributed by atoms with van der Waals surface area (Å²) in [6, 6.07) is 10.0. The van der Waals surface area contributed by atoms with E-state index in [9.17, 15) is 4.39 Å². The van der Waals surface area contributed by atoms with Gasteiger partial charge in [0.1, 0.15) is 11.6 Å². The molecule has 0 spiro atoms. The summed E-state index contributed by atoms with van der Waals surface area (Å²) in [4.78, 5) is 4.13. The average Bonchev–Trinajstić information content (AvgIpc) is 2.32. The van der Waals surface area contributed by atoms with Crippen molar-refractivity contribution in [3.8, 4) is 0 Å². The molecule has 2 rings (SSSR count). The molecular formula is C13H14FN3. The fourth-order valence-corrected chi connectivity index (χ4v) is 1.53. The Morgan fingerprint density at radius 2 is 1.94 bits per heavy atom. The summed E-state index contributed by atoms with van der Waals surface area (Å²) in [6.07, 6.45) is 2.48. The highest BCUT2D eigenvalue weighted by Gasteiger charge is 1.96. The van der Waals surface area contributed by atoms with Gasteiger partial charge in [0.2, 0.25) is 0 Å². The third-order valence-electron chi connectivity index (χ3n) is 2.42. The summed E-state index contributed by atoms with van der Waals surface area (Å²) >= 11 is 0. The number of rotatable bonds is 4. The van der Waals surface area contributed by atoms with Gasteiger partial charge in [-0.05, 0) is 30.2 Å². The van der Waals surface area contributed by atoms with Crippen molar-refractivity contribution >= 4 is 11.5 Å². The van der Waals surface area contributed by atoms with Gasteiger partial charge in [0.05, 0.1) is 0 Å². The normalized spacial score (nSPS) is 10.2. The number of nitrogens with two attached hydrogens (primary N) is 1. The molecule has 3 N–H and O–H groups in total. The van der Waals surface area contributed by atoms with Crippen LogP contribution in [0.25, 0.3) is 0 Å². The molecule has 1 aromatic carbocycles. The highest BCUT2D eigenvalue weighted by molar-refractivity contribution is 5.48. The molecule has 17 heavy (non-hydrogen) atoms. The zero-order chi connectivity index (χ0) is 12.1. The van der Waals surface area contributed by atoms with Crippen LogP contribution in [0.2, 0.25) is 0 Å². The van der Waals surface area contributed by atoms with Crippen LogP contribution in [-0.4, -0.2) is 11.5 Å². The summed E-state index contributed by atoms with van der Waals surface area (Å²) in [5.41, 5.74) is 7.41. The first-order valence-electron chi connectivity index (χ1n) is 5.44. The van der Waals surface area contributed by atoms with Crippen molar-refractivity contribution in [3.05, 3.63) is 54.0 Å². The number of hydrogen-bond donors (Lipinski definition) is 2. The van der Waals surface area contributed by atoms with E-state index in [4.69, 9.17) is 5.73 Å². The van der Waals surface area contributed by atoms with E-state index in [2.05, 4.69) is 10.3 Å². The Balaban J connectivity index is 1.85. The average molecular weight is 231 g/mol. The van der Waals surface area contributed by atoms with Crippen LogP contribution >= 0.6 is 0 Å². The van der Waals surface area contributed by atoms with Gasteiger partial charge in [0.15, 0.2) is 0 Å². The van der Waals surface area contributed by atoms with Gasteiger partial charge in [-0.3, -0.25) is 0 Å². The molecule has 0 saturated carbocycles. The molecule has 0 saturated heterocycles. The third-order valence-corrected chi connectivity index (χ3v) is 2.42. The minimum atomic E-state index is -0.209. The number of halogens is 1. The van der Waals surface area contributed by atoms with E-state index < -0.39 is 0 Å². The summed E-state index contributed by atoms with van der Waals surface area (Å²) in [6.45, 7) is 0.738. The monoisotopic (exact) mass is 231 g/mol. The molecule has 2 aromatic rings. The predicted octanol–water partition coefficient (Wildman–Crippen LogP) is 2.46. The lowest BCUT2D eigenvalue weighted by Gasteiger charge is -2.06. The Labute approximate surface area is 99.5 Å². The largest absolute Gasteiger partial charge is 0.399 e. The van der Waals surface area contributed by atoms with Crippen molar-refractivity contribution in [1.82, 2.24) is 4.98 Å². The minimum absolute atomic E-state index is 0.209. The molecule has 0 radical (unpaired) electrons. The number of nitrogens with zero attached hydrogens (tertiary/aromatic N) is 1. The van der Waals surface area contributed by atoms with Gasteiger partial charge in [-0.2, -0.15) is 0 Å². The van der Waals surface area contributed by atoms with Crippen LogP contribution in [0.5, 0.6) is 0 Å². The van der Waals surface area contributed by atoms with E-state index in [1.165, 1.54) is 12.1 Å². The number of anilines is 2. The van der Waals surface area contributed by atoms with Crippen LogP contribution in [0.4, 0.5) is 15.9 Å². The van der Waals surface area contributed by atoms with Gasteiger partial charge < -0.3 is 11.1 Å². The first kappa shape index (κ1) is 11.4. The van der Waals surface area contributed by atoms with Crippen molar-refractivity contribution in [2.75, 3.05) is 17.6 Å². The number of pyridine rings is 1. The summed E-state index contributed by atoms with van der Waals surface area (Å²) in [7, 11) is 0. The van der Waals surface area contributed by atoms with Gasteiger partial charge in [0.25, 0.3) is 0 Å². The fourth-order valence-electron chi connectivity index (χ4n) is 1.53. The Bertz CT molecular complexity index is 482. The summed E-state index contributed by atoms with van der Waals surface area (Å²) in [5.74, 6) is 0.548. The number of nitrogen functional groups attached to an aromatic ring is 1. The van der Waals surface area contributed by atoms with E-state index in [1.807, 2.05) is 0 Å². The molecule has 0 aliphatic rings. The quantitative estimate of drug-likeness (QED) is 0.849. The Morgan fingerprint density at radius 1 is 1.18 bits per heavy atom.